The summed E-state index contributed by atoms with van der Waals surface area (Å²) in [5.41, 5.74) is 1.05. The van der Waals surface area contributed by atoms with Crippen molar-refractivity contribution in [2.45, 2.75) is 58.4 Å². The van der Waals surface area contributed by atoms with Crippen LogP contribution in [0.25, 0.3) is 0 Å². The third-order valence-corrected chi connectivity index (χ3v) is 5.19. The van der Waals surface area contributed by atoms with Crippen molar-refractivity contribution in [1.29, 1.82) is 0 Å². The van der Waals surface area contributed by atoms with Gasteiger partial charge in [0.1, 0.15) is 0 Å². The van der Waals surface area contributed by atoms with E-state index in [0.717, 1.165) is 43.1 Å². The Bertz CT molecular complexity index is 551. The lowest BCUT2D eigenvalue weighted by Gasteiger charge is -2.31. The van der Waals surface area contributed by atoms with E-state index in [1.165, 1.54) is 0 Å². The molecule has 1 aliphatic rings. The maximum atomic E-state index is 12.0. The number of likely N-dealkylation sites (tertiary alicyclic amines) is 1. The highest BCUT2D eigenvalue weighted by atomic mass is 32.1. The lowest BCUT2D eigenvalue weighted by atomic mass is 9.98. The van der Waals surface area contributed by atoms with Crippen LogP contribution in [0.4, 0.5) is 4.79 Å². The second-order valence-electron chi connectivity index (χ2n) is 6.50. The predicted molar refractivity (Wildman–Crippen MR) is 96.3 cm³/mol. The lowest BCUT2D eigenvalue weighted by molar-refractivity contribution is -0.120. The molecule has 2 N–H and O–H groups in total. The van der Waals surface area contributed by atoms with E-state index in [2.05, 4.69) is 16.0 Å². The number of urea groups is 1. The Balaban J connectivity index is 1.78. The van der Waals surface area contributed by atoms with Crippen molar-refractivity contribution in [3.05, 3.63) is 16.1 Å². The van der Waals surface area contributed by atoms with Crippen molar-refractivity contribution in [3.8, 4) is 0 Å². The predicted octanol–water partition coefficient (Wildman–Crippen LogP) is 2.51. The zero-order valence-electron chi connectivity index (χ0n) is 14.8. The van der Waals surface area contributed by atoms with Gasteiger partial charge in [0.25, 0.3) is 0 Å². The van der Waals surface area contributed by atoms with E-state index in [1.807, 2.05) is 25.7 Å². The third-order valence-electron chi connectivity index (χ3n) is 4.14. The molecule has 0 saturated carbocycles. The van der Waals surface area contributed by atoms with Crippen LogP contribution >= 0.6 is 11.3 Å². The molecule has 0 bridgehead atoms. The summed E-state index contributed by atoms with van der Waals surface area (Å²) in [6.07, 6.45) is 3.22. The van der Waals surface area contributed by atoms with Crippen LogP contribution in [0.1, 0.15) is 56.7 Å². The van der Waals surface area contributed by atoms with Crippen LogP contribution in [0.2, 0.25) is 0 Å². The van der Waals surface area contributed by atoms with E-state index in [4.69, 9.17) is 4.98 Å². The van der Waals surface area contributed by atoms with Gasteiger partial charge in [-0.05, 0) is 26.7 Å². The normalized spacial score (nSPS) is 15.6. The fourth-order valence-electron chi connectivity index (χ4n) is 2.75. The average molecular weight is 353 g/mol. The molecule has 0 atom stereocenters. The number of nitrogens with one attached hydrogen (secondary N) is 2. The molecule has 0 unspecified atom stereocenters. The van der Waals surface area contributed by atoms with E-state index < -0.39 is 0 Å². The fourth-order valence-corrected chi connectivity index (χ4v) is 3.77. The molecule has 134 valence electrons. The largest absolute Gasteiger partial charge is 0.356 e. The highest BCUT2D eigenvalue weighted by Crippen LogP contribution is 2.30. The van der Waals surface area contributed by atoms with Gasteiger partial charge in [0.05, 0.1) is 10.7 Å². The monoisotopic (exact) mass is 352 g/mol. The summed E-state index contributed by atoms with van der Waals surface area (Å²) < 4.78 is 0. The van der Waals surface area contributed by atoms with Crippen LogP contribution in [0.3, 0.4) is 0 Å². The first kappa shape index (κ1) is 18.7. The Labute approximate surface area is 148 Å². The van der Waals surface area contributed by atoms with Gasteiger partial charge in [-0.15, -0.1) is 11.3 Å². The van der Waals surface area contributed by atoms with Crippen molar-refractivity contribution >= 4 is 23.3 Å². The fraction of sp³-hybridized carbons (Fsp3) is 0.706. The minimum absolute atomic E-state index is 0.0370. The number of hydrogen-bond donors (Lipinski definition) is 2. The molecule has 1 fully saturated rings. The van der Waals surface area contributed by atoms with E-state index in [-0.39, 0.29) is 18.0 Å². The number of rotatable bonds is 6. The average Bonchev–Trinajstić information content (AvgIpc) is 3.03. The molecule has 6 nitrogen and oxygen atoms in total. The van der Waals surface area contributed by atoms with Crippen molar-refractivity contribution < 1.29 is 9.59 Å². The lowest BCUT2D eigenvalue weighted by Crippen LogP contribution is -2.46. The molecular formula is C17H28N4O2S. The van der Waals surface area contributed by atoms with Crippen molar-refractivity contribution in [2.75, 3.05) is 19.6 Å². The number of thiazole rings is 1. The molecule has 2 heterocycles. The second kappa shape index (κ2) is 9.01. The molecule has 0 radical (unpaired) electrons. The van der Waals surface area contributed by atoms with Crippen molar-refractivity contribution in [1.82, 2.24) is 20.5 Å². The molecule has 0 aliphatic carbocycles. The number of nitrogens with zero attached hydrogens (tertiary/aromatic N) is 2. The summed E-state index contributed by atoms with van der Waals surface area (Å²) in [7, 11) is 0. The maximum absolute atomic E-state index is 12.0. The minimum atomic E-state index is 0.0370. The Morgan fingerprint density at radius 3 is 2.71 bits per heavy atom. The summed E-state index contributed by atoms with van der Waals surface area (Å²) in [4.78, 5) is 29.9. The quantitative estimate of drug-likeness (QED) is 0.826. The van der Waals surface area contributed by atoms with Gasteiger partial charge in [0.15, 0.2) is 0 Å². The molecule has 2 rings (SSSR count). The first-order chi connectivity index (χ1) is 11.5. The summed E-state index contributed by atoms with van der Waals surface area (Å²) >= 11 is 1.70. The van der Waals surface area contributed by atoms with Gasteiger partial charge in [-0.25, -0.2) is 9.78 Å². The van der Waals surface area contributed by atoms with Gasteiger partial charge < -0.3 is 15.5 Å². The summed E-state index contributed by atoms with van der Waals surface area (Å²) in [6.45, 7) is 8.01. The number of piperidine rings is 1. The van der Waals surface area contributed by atoms with Gasteiger partial charge in [-0.3, -0.25) is 4.79 Å². The van der Waals surface area contributed by atoms with Gasteiger partial charge in [-0.1, -0.05) is 6.92 Å². The molecule has 3 amide bonds. The Kier molecular flexibility index (Phi) is 7.02. The molecule has 1 saturated heterocycles. The topological polar surface area (TPSA) is 74.3 Å². The molecule has 1 aromatic rings. The van der Waals surface area contributed by atoms with Gasteiger partial charge in [0, 0.05) is 49.8 Å². The molecule has 0 spiro atoms. The van der Waals surface area contributed by atoms with Crippen LogP contribution in [0, 0.1) is 0 Å². The molecule has 1 aromatic heterocycles. The van der Waals surface area contributed by atoms with Crippen LogP contribution in [-0.2, 0) is 11.2 Å². The SMILES string of the molecule is CCC(=O)NCCc1csc(C2CCN(C(=O)NC(C)C)CC2)n1. The van der Waals surface area contributed by atoms with Crippen LogP contribution < -0.4 is 10.6 Å². The van der Waals surface area contributed by atoms with Crippen LogP contribution in [0.5, 0.6) is 0 Å². The molecule has 0 aromatic carbocycles. The molecule has 7 heteroatoms. The van der Waals surface area contributed by atoms with E-state index in [9.17, 15) is 9.59 Å². The maximum Gasteiger partial charge on any atom is 0.317 e. The van der Waals surface area contributed by atoms with E-state index in [0.29, 0.717) is 18.9 Å². The Morgan fingerprint density at radius 2 is 2.08 bits per heavy atom. The standard InChI is InChI=1S/C17H28N4O2S/c1-4-15(22)18-8-5-14-11-24-16(20-14)13-6-9-21(10-7-13)17(23)19-12(2)3/h11-13H,4-10H2,1-3H3,(H,18,22)(H,19,23). The van der Waals surface area contributed by atoms with E-state index in [1.54, 1.807) is 11.3 Å². The number of hydrogen-bond acceptors (Lipinski definition) is 4. The zero-order chi connectivity index (χ0) is 17.5. The number of carbonyl (C=O) groups is 2. The summed E-state index contributed by atoms with van der Waals surface area (Å²) in [5.74, 6) is 0.523. The van der Waals surface area contributed by atoms with Crippen LogP contribution in [0.15, 0.2) is 5.38 Å². The van der Waals surface area contributed by atoms with Gasteiger partial charge in [0.2, 0.25) is 5.91 Å². The number of aromatic nitrogens is 1. The minimum Gasteiger partial charge on any atom is -0.356 e. The number of amides is 3. The summed E-state index contributed by atoms with van der Waals surface area (Å²) in [5, 5.41) is 9.08. The second-order valence-corrected chi connectivity index (χ2v) is 7.39. The Morgan fingerprint density at radius 1 is 1.38 bits per heavy atom. The first-order valence-corrected chi connectivity index (χ1v) is 9.64. The molecular weight excluding hydrogens is 324 g/mol. The van der Waals surface area contributed by atoms with Crippen LogP contribution in [-0.4, -0.2) is 47.5 Å². The third kappa shape index (κ3) is 5.47. The highest BCUT2D eigenvalue weighted by Gasteiger charge is 2.25. The molecule has 24 heavy (non-hydrogen) atoms. The first-order valence-electron chi connectivity index (χ1n) is 8.76. The zero-order valence-corrected chi connectivity index (χ0v) is 15.6. The van der Waals surface area contributed by atoms with Gasteiger partial charge in [-0.2, -0.15) is 0 Å². The highest BCUT2D eigenvalue weighted by molar-refractivity contribution is 7.09. The van der Waals surface area contributed by atoms with E-state index >= 15 is 0 Å². The Hall–Kier alpha value is -1.63. The van der Waals surface area contributed by atoms with Gasteiger partial charge >= 0.3 is 6.03 Å². The summed E-state index contributed by atoms with van der Waals surface area (Å²) in [6, 6.07) is 0.208. The van der Waals surface area contributed by atoms with Crippen molar-refractivity contribution in [3.63, 3.8) is 0 Å². The molecule has 1 aliphatic heterocycles. The smallest absolute Gasteiger partial charge is 0.317 e. The number of carbonyl (C=O) groups excluding carboxylic acids is 2. The van der Waals surface area contributed by atoms with Crippen molar-refractivity contribution in [2.24, 2.45) is 0 Å².